The third-order valence-electron chi connectivity index (χ3n) is 6.39. The number of thiazole rings is 1. The molecule has 4 heterocycles. The Balaban J connectivity index is 1.36. The smallest absolute Gasteiger partial charge is 0.261 e. The van der Waals surface area contributed by atoms with Gasteiger partial charge in [0.05, 0.1) is 29.2 Å². The molecule has 3 aromatic heterocycles. The summed E-state index contributed by atoms with van der Waals surface area (Å²) in [5.41, 5.74) is 6.76. The second-order valence-corrected chi connectivity index (χ2v) is 10.1. The predicted octanol–water partition coefficient (Wildman–Crippen LogP) is 5.33. The number of fused-ring (bicyclic) bond motifs is 1. The molecule has 0 radical (unpaired) electrons. The van der Waals surface area contributed by atoms with Gasteiger partial charge in [-0.2, -0.15) is 5.10 Å². The van der Waals surface area contributed by atoms with E-state index >= 15 is 0 Å². The van der Waals surface area contributed by atoms with Crippen molar-refractivity contribution in [3.05, 3.63) is 76.2 Å². The Morgan fingerprint density at radius 1 is 1.17 bits per heavy atom. The lowest BCUT2D eigenvalue weighted by molar-refractivity contribution is -0.119. The number of amides is 2. The third kappa shape index (κ3) is 4.54. The Morgan fingerprint density at radius 3 is 2.72 bits per heavy atom. The number of aromatic nitrogens is 4. The van der Waals surface area contributed by atoms with E-state index in [-0.39, 0.29) is 17.9 Å². The lowest BCUT2D eigenvalue weighted by Crippen LogP contribution is -2.34. The molecule has 1 aliphatic rings. The first-order valence-corrected chi connectivity index (χ1v) is 12.9. The summed E-state index contributed by atoms with van der Waals surface area (Å²) in [5.74, 6) is -0.0992. The number of anilines is 2. The molecule has 36 heavy (non-hydrogen) atoms. The average molecular weight is 501 g/mol. The normalized spacial score (nSPS) is 13.2. The molecular weight excluding hydrogens is 472 g/mol. The van der Waals surface area contributed by atoms with Crippen molar-refractivity contribution in [2.24, 2.45) is 0 Å². The number of carbonyl (C=O) groups is 2. The van der Waals surface area contributed by atoms with Crippen molar-refractivity contribution in [1.29, 1.82) is 0 Å². The minimum Gasteiger partial charge on any atom is -0.306 e. The fourth-order valence-electron chi connectivity index (χ4n) is 4.66. The van der Waals surface area contributed by atoms with Crippen LogP contribution >= 0.6 is 11.3 Å². The van der Waals surface area contributed by atoms with Crippen LogP contribution in [0.4, 0.5) is 10.8 Å². The van der Waals surface area contributed by atoms with Crippen molar-refractivity contribution in [2.75, 3.05) is 10.2 Å². The second-order valence-electron chi connectivity index (χ2n) is 9.22. The van der Waals surface area contributed by atoms with Gasteiger partial charge in [0, 0.05) is 41.0 Å². The summed E-state index contributed by atoms with van der Waals surface area (Å²) in [7, 11) is 0. The van der Waals surface area contributed by atoms with Crippen LogP contribution in [0.3, 0.4) is 0 Å². The number of hydrogen-bond acceptors (Lipinski definition) is 6. The van der Waals surface area contributed by atoms with E-state index in [9.17, 15) is 9.59 Å². The Morgan fingerprint density at radius 2 is 2.00 bits per heavy atom. The van der Waals surface area contributed by atoms with E-state index < -0.39 is 0 Å². The number of rotatable bonds is 6. The summed E-state index contributed by atoms with van der Waals surface area (Å²) < 4.78 is 1.87. The fraction of sp³-hybridized carbons (Fsp3) is 0.296. The summed E-state index contributed by atoms with van der Waals surface area (Å²) in [6.45, 7) is 8.30. The van der Waals surface area contributed by atoms with Gasteiger partial charge in [-0.05, 0) is 63.9 Å². The zero-order chi connectivity index (χ0) is 25.4. The van der Waals surface area contributed by atoms with Gasteiger partial charge < -0.3 is 4.90 Å². The maximum Gasteiger partial charge on any atom is 0.261 e. The molecule has 0 saturated carbocycles. The standard InChI is InChI=1S/C27H28N6O2S/c1-16(2)33-18(4)25(17(3)31-33)26(35)30-27-29-22(15-36-27)19-8-10-23-20(13-19)9-11-24(34)32(23)14-21-7-5-6-12-28-21/h5-8,10,12-13,15-16H,9,11,14H2,1-4H3,(H,29,30,35). The average Bonchev–Trinajstić information content (AvgIpc) is 3.45. The van der Waals surface area contributed by atoms with E-state index in [0.29, 0.717) is 35.8 Å². The van der Waals surface area contributed by atoms with Crippen LogP contribution < -0.4 is 10.2 Å². The minimum atomic E-state index is -0.202. The molecule has 0 atom stereocenters. The van der Waals surface area contributed by atoms with Crippen LogP contribution in [0.2, 0.25) is 0 Å². The van der Waals surface area contributed by atoms with E-state index in [2.05, 4.69) is 26.4 Å². The van der Waals surface area contributed by atoms with Gasteiger partial charge in [-0.25, -0.2) is 4.98 Å². The summed E-state index contributed by atoms with van der Waals surface area (Å²) >= 11 is 1.39. The Kier molecular flexibility index (Phi) is 6.40. The Labute approximate surface area is 214 Å². The minimum absolute atomic E-state index is 0.103. The van der Waals surface area contributed by atoms with Crippen LogP contribution in [-0.2, 0) is 17.8 Å². The van der Waals surface area contributed by atoms with Crippen molar-refractivity contribution in [1.82, 2.24) is 19.7 Å². The number of nitrogens with one attached hydrogen (secondary N) is 1. The predicted molar refractivity (Wildman–Crippen MR) is 141 cm³/mol. The second kappa shape index (κ2) is 9.66. The SMILES string of the molecule is Cc1nn(C(C)C)c(C)c1C(=O)Nc1nc(-c2ccc3c(c2)CCC(=O)N3Cc2ccccn2)cs1. The molecule has 9 heteroatoms. The number of carbonyl (C=O) groups excluding carboxylic acids is 2. The zero-order valence-electron chi connectivity index (χ0n) is 20.8. The van der Waals surface area contributed by atoms with Gasteiger partial charge in [-0.3, -0.25) is 24.6 Å². The van der Waals surface area contributed by atoms with Gasteiger partial charge in [-0.15, -0.1) is 11.3 Å². The molecule has 0 fully saturated rings. The molecule has 1 aromatic carbocycles. The molecule has 8 nitrogen and oxygen atoms in total. The van der Waals surface area contributed by atoms with Crippen LogP contribution in [0.25, 0.3) is 11.3 Å². The van der Waals surface area contributed by atoms with E-state index in [1.54, 1.807) is 11.1 Å². The Hall–Kier alpha value is -3.85. The molecule has 5 rings (SSSR count). The van der Waals surface area contributed by atoms with Crippen molar-refractivity contribution >= 4 is 34.0 Å². The maximum absolute atomic E-state index is 13.0. The number of pyridine rings is 1. The van der Waals surface area contributed by atoms with Crippen LogP contribution in [0.5, 0.6) is 0 Å². The summed E-state index contributed by atoms with van der Waals surface area (Å²) in [6, 6.07) is 12.0. The van der Waals surface area contributed by atoms with Crippen molar-refractivity contribution in [2.45, 2.75) is 53.1 Å². The number of benzene rings is 1. The fourth-order valence-corrected chi connectivity index (χ4v) is 5.38. The highest BCUT2D eigenvalue weighted by Crippen LogP contribution is 2.34. The van der Waals surface area contributed by atoms with Gasteiger partial charge in [0.1, 0.15) is 0 Å². The largest absolute Gasteiger partial charge is 0.306 e. The van der Waals surface area contributed by atoms with Crippen molar-refractivity contribution < 1.29 is 9.59 Å². The highest BCUT2D eigenvalue weighted by atomic mass is 32.1. The first kappa shape index (κ1) is 23.9. The van der Waals surface area contributed by atoms with E-state index in [4.69, 9.17) is 0 Å². The maximum atomic E-state index is 13.0. The quantitative estimate of drug-likeness (QED) is 0.386. The van der Waals surface area contributed by atoms with Crippen molar-refractivity contribution in [3.8, 4) is 11.3 Å². The van der Waals surface area contributed by atoms with E-state index in [1.165, 1.54) is 11.3 Å². The summed E-state index contributed by atoms with van der Waals surface area (Å²) in [5, 5.41) is 9.93. The molecular formula is C27H28N6O2S. The topological polar surface area (TPSA) is 93.0 Å². The molecule has 0 aliphatic carbocycles. The van der Waals surface area contributed by atoms with Crippen molar-refractivity contribution in [3.63, 3.8) is 0 Å². The molecule has 4 aromatic rings. The van der Waals surface area contributed by atoms with Crippen LogP contribution in [0.15, 0.2) is 48.0 Å². The molecule has 1 aliphatic heterocycles. The number of hydrogen-bond donors (Lipinski definition) is 1. The summed E-state index contributed by atoms with van der Waals surface area (Å²) in [6.07, 6.45) is 2.89. The molecule has 184 valence electrons. The van der Waals surface area contributed by atoms with Crippen LogP contribution in [-0.4, -0.2) is 31.6 Å². The highest BCUT2D eigenvalue weighted by molar-refractivity contribution is 7.14. The zero-order valence-corrected chi connectivity index (χ0v) is 21.6. The third-order valence-corrected chi connectivity index (χ3v) is 7.15. The number of aryl methyl sites for hydroxylation is 2. The first-order valence-electron chi connectivity index (χ1n) is 12.0. The van der Waals surface area contributed by atoms with E-state index in [0.717, 1.165) is 33.9 Å². The first-order chi connectivity index (χ1) is 17.3. The van der Waals surface area contributed by atoms with Gasteiger partial charge in [0.25, 0.3) is 5.91 Å². The number of nitrogens with zero attached hydrogens (tertiary/aromatic N) is 5. The lowest BCUT2D eigenvalue weighted by Gasteiger charge is -2.29. The van der Waals surface area contributed by atoms with E-state index in [1.807, 2.05) is 68.1 Å². The molecule has 0 unspecified atom stereocenters. The van der Waals surface area contributed by atoms with Crippen LogP contribution in [0.1, 0.15) is 59.3 Å². The Bertz CT molecular complexity index is 1440. The molecule has 2 amide bonds. The summed E-state index contributed by atoms with van der Waals surface area (Å²) in [4.78, 5) is 36.5. The highest BCUT2D eigenvalue weighted by Gasteiger charge is 2.25. The lowest BCUT2D eigenvalue weighted by atomic mass is 9.97. The van der Waals surface area contributed by atoms with Gasteiger partial charge in [0.15, 0.2) is 5.13 Å². The van der Waals surface area contributed by atoms with Gasteiger partial charge >= 0.3 is 0 Å². The molecule has 1 N–H and O–H groups in total. The van der Waals surface area contributed by atoms with Crippen LogP contribution in [0, 0.1) is 13.8 Å². The molecule has 0 saturated heterocycles. The molecule has 0 spiro atoms. The van der Waals surface area contributed by atoms with Gasteiger partial charge in [0.2, 0.25) is 5.91 Å². The molecule has 0 bridgehead atoms. The monoisotopic (exact) mass is 500 g/mol. The van der Waals surface area contributed by atoms with Gasteiger partial charge in [-0.1, -0.05) is 12.1 Å².